The smallest absolute Gasteiger partial charge is 0.331 e. The van der Waals surface area contributed by atoms with Crippen LogP contribution in [0.25, 0.3) is 6.08 Å². The minimum Gasteiger partial charge on any atom is -0.452 e. The van der Waals surface area contributed by atoms with Crippen LogP contribution in [0.15, 0.2) is 27.3 Å². The summed E-state index contributed by atoms with van der Waals surface area (Å²) in [6.07, 6.45) is 2.71. The lowest BCUT2D eigenvalue weighted by Crippen LogP contribution is -2.46. The van der Waals surface area contributed by atoms with Gasteiger partial charge in [0, 0.05) is 19.2 Å². The van der Waals surface area contributed by atoms with Crippen LogP contribution < -0.4 is 0 Å². The molecule has 0 aromatic carbocycles. The molecule has 0 N–H and O–H groups in total. The third kappa shape index (κ3) is 5.02. The molecule has 0 saturated carbocycles. The van der Waals surface area contributed by atoms with Crippen LogP contribution >= 0.6 is 15.9 Å². The Kier molecular flexibility index (Phi) is 5.58. The first-order chi connectivity index (χ1) is 10.0. The van der Waals surface area contributed by atoms with Gasteiger partial charge in [0.15, 0.2) is 11.3 Å². The van der Waals surface area contributed by atoms with Crippen LogP contribution in [0.1, 0.15) is 12.7 Å². The quantitative estimate of drug-likeness (QED) is 0.607. The average Bonchev–Trinajstić information content (AvgIpc) is 2.88. The summed E-state index contributed by atoms with van der Waals surface area (Å²) in [6, 6.07) is 3.42. The number of esters is 1. The summed E-state index contributed by atoms with van der Waals surface area (Å²) in [4.78, 5) is 25.0. The van der Waals surface area contributed by atoms with Gasteiger partial charge < -0.3 is 18.8 Å². The number of furan rings is 1. The van der Waals surface area contributed by atoms with Crippen LogP contribution in [0.3, 0.4) is 0 Å². The van der Waals surface area contributed by atoms with Gasteiger partial charge in [-0.25, -0.2) is 4.79 Å². The van der Waals surface area contributed by atoms with E-state index in [-0.39, 0.29) is 18.6 Å². The molecule has 1 saturated heterocycles. The highest BCUT2D eigenvalue weighted by molar-refractivity contribution is 9.10. The highest BCUT2D eigenvalue weighted by Gasteiger charge is 2.21. The average molecular weight is 358 g/mol. The molecule has 1 aliphatic rings. The van der Waals surface area contributed by atoms with Crippen LogP contribution in [0.2, 0.25) is 0 Å². The first-order valence-corrected chi connectivity index (χ1v) is 7.33. The molecule has 0 bridgehead atoms. The summed E-state index contributed by atoms with van der Waals surface area (Å²) < 4.78 is 16.0. The van der Waals surface area contributed by atoms with Gasteiger partial charge in [-0.3, -0.25) is 4.79 Å². The molecule has 2 heterocycles. The lowest BCUT2D eigenvalue weighted by Gasteiger charge is -2.30. The van der Waals surface area contributed by atoms with Gasteiger partial charge in [0.1, 0.15) is 5.76 Å². The zero-order valence-electron chi connectivity index (χ0n) is 11.6. The van der Waals surface area contributed by atoms with Crippen molar-refractivity contribution in [1.82, 2.24) is 4.90 Å². The predicted octanol–water partition coefficient (Wildman–Crippen LogP) is 1.85. The van der Waals surface area contributed by atoms with Crippen molar-refractivity contribution in [2.75, 3.05) is 26.3 Å². The Morgan fingerprint density at radius 3 is 3.00 bits per heavy atom. The number of hydrogen-bond donors (Lipinski definition) is 0. The van der Waals surface area contributed by atoms with Gasteiger partial charge in [-0.15, -0.1) is 0 Å². The fourth-order valence-corrected chi connectivity index (χ4v) is 2.20. The molecule has 1 atom stereocenters. The van der Waals surface area contributed by atoms with Crippen LogP contribution in [0.4, 0.5) is 0 Å². The molecular weight excluding hydrogens is 342 g/mol. The van der Waals surface area contributed by atoms with Crippen molar-refractivity contribution in [3.63, 3.8) is 0 Å². The fourth-order valence-electron chi connectivity index (χ4n) is 1.89. The van der Waals surface area contributed by atoms with Crippen molar-refractivity contribution in [3.8, 4) is 0 Å². The van der Waals surface area contributed by atoms with Crippen LogP contribution in [0.5, 0.6) is 0 Å². The monoisotopic (exact) mass is 357 g/mol. The molecule has 1 aromatic rings. The van der Waals surface area contributed by atoms with E-state index in [1.807, 2.05) is 6.92 Å². The third-order valence-electron chi connectivity index (χ3n) is 2.91. The molecule has 21 heavy (non-hydrogen) atoms. The van der Waals surface area contributed by atoms with E-state index >= 15 is 0 Å². The normalized spacial score (nSPS) is 19.0. The van der Waals surface area contributed by atoms with Gasteiger partial charge in [0.2, 0.25) is 0 Å². The fraction of sp³-hybridized carbons (Fsp3) is 0.429. The number of rotatable bonds is 4. The minimum absolute atomic E-state index is 0.00990. The number of amides is 1. The summed E-state index contributed by atoms with van der Waals surface area (Å²) >= 11 is 3.16. The number of ether oxygens (including phenoxy) is 2. The zero-order valence-corrected chi connectivity index (χ0v) is 13.2. The Morgan fingerprint density at radius 2 is 2.33 bits per heavy atom. The maximum atomic E-state index is 11.9. The standard InChI is InChI=1S/C14H16BrNO5/c1-10-8-16(6-7-19-10)13(17)9-20-14(18)5-3-11-2-4-12(15)21-11/h2-5,10H,6-9H2,1H3/b5-3+. The largest absolute Gasteiger partial charge is 0.452 e. The molecule has 0 aliphatic carbocycles. The summed E-state index contributed by atoms with van der Waals surface area (Å²) in [7, 11) is 0. The number of morpholine rings is 1. The summed E-state index contributed by atoms with van der Waals surface area (Å²) in [5.41, 5.74) is 0. The third-order valence-corrected chi connectivity index (χ3v) is 3.34. The second-order valence-corrected chi connectivity index (χ2v) is 5.39. The Hall–Kier alpha value is -1.60. The summed E-state index contributed by atoms with van der Waals surface area (Å²) in [5.74, 6) is -0.281. The van der Waals surface area contributed by atoms with Gasteiger partial charge >= 0.3 is 5.97 Å². The molecule has 1 unspecified atom stereocenters. The van der Waals surface area contributed by atoms with Gasteiger partial charge in [0.05, 0.1) is 12.7 Å². The molecule has 2 rings (SSSR count). The van der Waals surface area contributed by atoms with Crippen molar-refractivity contribution in [1.29, 1.82) is 0 Å². The molecule has 0 radical (unpaired) electrons. The maximum Gasteiger partial charge on any atom is 0.331 e. The van der Waals surface area contributed by atoms with E-state index in [1.54, 1.807) is 17.0 Å². The second-order valence-electron chi connectivity index (χ2n) is 4.60. The van der Waals surface area contributed by atoms with Gasteiger partial charge in [0.25, 0.3) is 5.91 Å². The van der Waals surface area contributed by atoms with Crippen molar-refractivity contribution in [2.45, 2.75) is 13.0 Å². The molecule has 6 nitrogen and oxygen atoms in total. The topological polar surface area (TPSA) is 69.0 Å². The molecule has 1 aliphatic heterocycles. The number of carbonyl (C=O) groups excluding carboxylic acids is 2. The zero-order chi connectivity index (χ0) is 15.2. The highest BCUT2D eigenvalue weighted by atomic mass is 79.9. The predicted molar refractivity (Wildman–Crippen MR) is 78.4 cm³/mol. The van der Waals surface area contributed by atoms with Gasteiger partial charge in [-0.1, -0.05) is 0 Å². The number of nitrogens with zero attached hydrogens (tertiary/aromatic N) is 1. The number of carbonyl (C=O) groups is 2. The van der Waals surface area contributed by atoms with E-state index in [1.165, 1.54) is 12.2 Å². The molecule has 1 amide bonds. The number of halogens is 1. The first-order valence-electron chi connectivity index (χ1n) is 6.54. The van der Waals surface area contributed by atoms with Crippen LogP contribution in [-0.2, 0) is 19.1 Å². The molecule has 1 fully saturated rings. The van der Waals surface area contributed by atoms with E-state index in [0.29, 0.717) is 30.1 Å². The van der Waals surface area contributed by atoms with Gasteiger partial charge in [-0.2, -0.15) is 0 Å². The Bertz CT molecular complexity index is 539. The minimum atomic E-state index is -0.586. The Balaban J connectivity index is 1.75. The molecule has 114 valence electrons. The maximum absolute atomic E-state index is 11.9. The summed E-state index contributed by atoms with van der Waals surface area (Å²) in [5, 5.41) is 0. The first kappa shape index (κ1) is 15.8. The van der Waals surface area contributed by atoms with E-state index in [9.17, 15) is 9.59 Å². The highest BCUT2D eigenvalue weighted by Crippen LogP contribution is 2.15. The second kappa shape index (κ2) is 7.42. The van der Waals surface area contributed by atoms with Crippen molar-refractivity contribution in [2.24, 2.45) is 0 Å². The Labute approximate surface area is 130 Å². The molecule has 1 aromatic heterocycles. The van der Waals surface area contributed by atoms with E-state index in [4.69, 9.17) is 13.9 Å². The van der Waals surface area contributed by atoms with Gasteiger partial charge in [-0.05, 0) is 41.1 Å². The number of hydrogen-bond acceptors (Lipinski definition) is 5. The van der Waals surface area contributed by atoms with Crippen molar-refractivity contribution in [3.05, 3.63) is 28.6 Å². The van der Waals surface area contributed by atoms with E-state index in [0.717, 1.165) is 0 Å². The molecule has 7 heteroatoms. The van der Waals surface area contributed by atoms with Crippen LogP contribution in [-0.4, -0.2) is 49.2 Å². The van der Waals surface area contributed by atoms with Crippen LogP contribution in [0, 0.1) is 0 Å². The summed E-state index contributed by atoms with van der Waals surface area (Å²) in [6.45, 7) is 3.19. The SMILES string of the molecule is CC1CN(C(=O)COC(=O)/C=C/c2ccc(Br)o2)CCO1. The van der Waals surface area contributed by atoms with E-state index in [2.05, 4.69) is 15.9 Å². The van der Waals surface area contributed by atoms with Crippen molar-refractivity contribution < 1.29 is 23.5 Å². The lowest BCUT2D eigenvalue weighted by atomic mass is 10.3. The Morgan fingerprint density at radius 1 is 1.52 bits per heavy atom. The molecular formula is C14H16BrNO5. The molecule has 0 spiro atoms. The van der Waals surface area contributed by atoms with E-state index < -0.39 is 5.97 Å². The van der Waals surface area contributed by atoms with Crippen molar-refractivity contribution >= 4 is 33.9 Å². The lowest BCUT2D eigenvalue weighted by molar-refractivity contribution is -0.151.